The van der Waals surface area contributed by atoms with Crippen LogP contribution < -0.4 is 0 Å². The van der Waals surface area contributed by atoms with Gasteiger partial charge < -0.3 is 8.85 Å². The molecule has 0 N–H and O–H groups in total. The molecule has 0 aromatic rings. The molecule has 1 unspecified atom stereocenters. The van der Waals surface area contributed by atoms with Crippen LogP contribution in [0.3, 0.4) is 0 Å². The summed E-state index contributed by atoms with van der Waals surface area (Å²) in [4.78, 5) is 4.57. The highest BCUT2D eigenvalue weighted by molar-refractivity contribution is 6.67. The van der Waals surface area contributed by atoms with E-state index in [-0.39, 0.29) is 0 Å². The molecule has 102 valence electrons. The lowest BCUT2D eigenvalue weighted by Crippen LogP contribution is -2.42. The van der Waals surface area contributed by atoms with Gasteiger partial charge in [0.05, 0.1) is 0 Å². The number of rotatable bonds is 9. The van der Waals surface area contributed by atoms with E-state index in [4.69, 9.17) is 8.85 Å². The van der Waals surface area contributed by atoms with E-state index in [2.05, 4.69) is 32.3 Å². The van der Waals surface area contributed by atoms with Gasteiger partial charge in [-0.25, -0.2) is 0 Å². The fourth-order valence-corrected chi connectivity index (χ4v) is 4.26. The predicted octanol–water partition coefficient (Wildman–Crippen LogP) is 3.78. The van der Waals surface area contributed by atoms with Crippen LogP contribution in [0.25, 0.3) is 0 Å². The topological polar surface area (TPSA) is 30.8 Å². The summed E-state index contributed by atoms with van der Waals surface area (Å²) in [5.41, 5.74) is 1.77. The van der Waals surface area contributed by atoms with Crippen molar-refractivity contribution in [3.63, 3.8) is 0 Å². The van der Waals surface area contributed by atoms with Crippen molar-refractivity contribution in [3.8, 4) is 0 Å². The molecule has 0 saturated carbocycles. The minimum atomic E-state index is -2.00. The Morgan fingerprint density at radius 1 is 1.18 bits per heavy atom. The monoisotopic (exact) mass is 259 g/mol. The Morgan fingerprint density at radius 3 is 2.18 bits per heavy atom. The molecule has 3 nitrogen and oxygen atoms in total. The molecule has 0 spiro atoms. The van der Waals surface area contributed by atoms with Gasteiger partial charge in [0.1, 0.15) is 0 Å². The van der Waals surface area contributed by atoms with Crippen LogP contribution in [0.4, 0.5) is 0 Å². The summed E-state index contributed by atoms with van der Waals surface area (Å²) in [6.07, 6.45) is 4.47. The Morgan fingerprint density at radius 2 is 1.76 bits per heavy atom. The van der Waals surface area contributed by atoms with Crippen molar-refractivity contribution in [1.29, 1.82) is 0 Å². The summed E-state index contributed by atoms with van der Waals surface area (Å²) in [7, 11) is 1.55. The molecule has 4 heteroatoms. The first kappa shape index (κ1) is 16.8. The Balaban J connectivity index is 4.42. The van der Waals surface area contributed by atoms with E-state index in [0.717, 1.165) is 19.4 Å². The number of nitrogens with zero attached hydrogens (tertiary/aromatic N) is 1. The molecule has 0 radical (unpaired) electrons. The number of aliphatic imine (C=N–C) groups is 1. The Labute approximate surface area is 108 Å². The van der Waals surface area contributed by atoms with Crippen LogP contribution in [0.2, 0.25) is 12.1 Å². The molecule has 0 aliphatic heterocycles. The van der Waals surface area contributed by atoms with Crippen molar-refractivity contribution < 1.29 is 8.85 Å². The van der Waals surface area contributed by atoms with Crippen LogP contribution in [0.5, 0.6) is 0 Å². The molecule has 0 fully saturated rings. The average molecular weight is 259 g/mol. The summed E-state index contributed by atoms with van der Waals surface area (Å²) < 4.78 is 11.3. The SMILES string of the molecule is CCCC(CC/N=C(\C)CC)[Si](C)(OC)OC. The van der Waals surface area contributed by atoms with E-state index in [1.807, 2.05) is 0 Å². The van der Waals surface area contributed by atoms with Crippen molar-refractivity contribution in [2.75, 3.05) is 20.8 Å². The van der Waals surface area contributed by atoms with Crippen LogP contribution in [0.1, 0.15) is 46.5 Å². The molecule has 0 saturated heterocycles. The van der Waals surface area contributed by atoms with Gasteiger partial charge in [-0.1, -0.05) is 20.3 Å². The fourth-order valence-electron chi connectivity index (χ4n) is 1.96. The third kappa shape index (κ3) is 5.79. The van der Waals surface area contributed by atoms with Gasteiger partial charge in [-0.2, -0.15) is 0 Å². The summed E-state index contributed by atoms with van der Waals surface area (Å²) in [5.74, 6) is 0. The van der Waals surface area contributed by atoms with Gasteiger partial charge >= 0.3 is 8.56 Å². The van der Waals surface area contributed by atoms with Crippen molar-refractivity contribution >= 4 is 14.3 Å². The first-order valence-electron chi connectivity index (χ1n) is 6.64. The second kappa shape index (κ2) is 8.83. The first-order valence-corrected chi connectivity index (χ1v) is 9.03. The molecule has 0 aliphatic carbocycles. The molecular formula is C13H29NO2Si. The number of hydrogen-bond acceptors (Lipinski definition) is 3. The highest BCUT2D eigenvalue weighted by Crippen LogP contribution is 2.31. The van der Waals surface area contributed by atoms with Gasteiger partial charge in [-0.05, 0) is 32.7 Å². The van der Waals surface area contributed by atoms with Gasteiger partial charge in [0.15, 0.2) is 0 Å². The minimum Gasteiger partial charge on any atom is -0.398 e. The summed E-state index contributed by atoms with van der Waals surface area (Å²) in [5, 5.41) is 0. The zero-order valence-electron chi connectivity index (χ0n) is 12.4. The molecule has 17 heavy (non-hydrogen) atoms. The van der Waals surface area contributed by atoms with Crippen LogP contribution in [0, 0.1) is 0 Å². The highest BCUT2D eigenvalue weighted by Gasteiger charge is 2.38. The Hall–Kier alpha value is -0.193. The predicted molar refractivity (Wildman–Crippen MR) is 77.2 cm³/mol. The van der Waals surface area contributed by atoms with Gasteiger partial charge in [-0.15, -0.1) is 0 Å². The molecule has 0 bridgehead atoms. The Kier molecular flexibility index (Phi) is 8.73. The molecule has 0 aromatic heterocycles. The summed E-state index contributed by atoms with van der Waals surface area (Å²) >= 11 is 0. The van der Waals surface area contributed by atoms with Crippen LogP contribution in [0.15, 0.2) is 4.99 Å². The maximum atomic E-state index is 5.65. The molecule has 0 amide bonds. The van der Waals surface area contributed by atoms with Crippen molar-refractivity contribution in [2.24, 2.45) is 4.99 Å². The van der Waals surface area contributed by atoms with Gasteiger partial charge in [0.25, 0.3) is 0 Å². The molecule has 0 aromatic carbocycles. The maximum Gasteiger partial charge on any atom is 0.337 e. The lowest BCUT2D eigenvalue weighted by atomic mass is 10.2. The maximum absolute atomic E-state index is 5.65. The molecule has 0 rings (SSSR count). The quantitative estimate of drug-likeness (QED) is 0.466. The van der Waals surface area contributed by atoms with E-state index in [1.165, 1.54) is 18.6 Å². The van der Waals surface area contributed by atoms with E-state index in [0.29, 0.717) is 5.54 Å². The Bertz CT molecular complexity index is 227. The highest BCUT2D eigenvalue weighted by atomic mass is 28.4. The van der Waals surface area contributed by atoms with Crippen molar-refractivity contribution in [2.45, 2.75) is 58.5 Å². The van der Waals surface area contributed by atoms with Gasteiger partial charge in [0, 0.05) is 32.0 Å². The fraction of sp³-hybridized carbons (Fsp3) is 0.923. The van der Waals surface area contributed by atoms with E-state index in [1.54, 1.807) is 14.2 Å². The molecule has 1 atom stereocenters. The van der Waals surface area contributed by atoms with Crippen molar-refractivity contribution in [1.82, 2.24) is 0 Å². The summed E-state index contributed by atoms with van der Waals surface area (Å²) in [6.45, 7) is 9.51. The normalized spacial score (nSPS) is 15.1. The van der Waals surface area contributed by atoms with Crippen LogP contribution >= 0.6 is 0 Å². The van der Waals surface area contributed by atoms with E-state index >= 15 is 0 Å². The smallest absolute Gasteiger partial charge is 0.337 e. The standard InChI is InChI=1S/C13H29NO2Si/c1-7-9-13(17(6,15-4)16-5)10-11-14-12(3)8-2/h13H,7-11H2,1-6H3/b14-12+. The van der Waals surface area contributed by atoms with Gasteiger partial charge in [-0.3, -0.25) is 4.99 Å². The average Bonchev–Trinajstić information content (AvgIpc) is 2.36. The number of hydrogen-bond donors (Lipinski definition) is 0. The third-order valence-electron chi connectivity index (χ3n) is 3.56. The second-order valence-electron chi connectivity index (χ2n) is 4.67. The molecule has 0 heterocycles. The minimum absolute atomic E-state index is 0.538. The first-order chi connectivity index (χ1) is 8.03. The van der Waals surface area contributed by atoms with Crippen LogP contribution in [-0.4, -0.2) is 35.0 Å². The van der Waals surface area contributed by atoms with E-state index < -0.39 is 8.56 Å². The zero-order valence-corrected chi connectivity index (χ0v) is 13.4. The third-order valence-corrected chi connectivity index (χ3v) is 7.24. The second-order valence-corrected chi connectivity index (χ2v) is 8.33. The largest absolute Gasteiger partial charge is 0.398 e. The zero-order chi connectivity index (χ0) is 13.3. The van der Waals surface area contributed by atoms with E-state index in [9.17, 15) is 0 Å². The lowest BCUT2D eigenvalue weighted by Gasteiger charge is -2.31. The van der Waals surface area contributed by atoms with Crippen molar-refractivity contribution in [3.05, 3.63) is 0 Å². The van der Waals surface area contributed by atoms with Gasteiger partial charge in [0.2, 0.25) is 0 Å². The molecule has 0 aliphatic rings. The lowest BCUT2D eigenvalue weighted by molar-refractivity contribution is 0.231. The summed E-state index contributed by atoms with van der Waals surface area (Å²) in [6, 6.07) is 0. The molecular weight excluding hydrogens is 230 g/mol. The van der Waals surface area contributed by atoms with Crippen LogP contribution in [-0.2, 0) is 8.85 Å².